The lowest BCUT2D eigenvalue weighted by Gasteiger charge is -2.20. The Morgan fingerprint density at radius 3 is 1.27 bits per heavy atom. The van der Waals surface area contributed by atoms with E-state index in [1.165, 1.54) is 11.1 Å². The minimum absolute atomic E-state index is 0.349. The Bertz CT molecular complexity index is 794. The van der Waals surface area contributed by atoms with E-state index in [1.807, 2.05) is 12.1 Å². The summed E-state index contributed by atoms with van der Waals surface area (Å²) in [6.45, 7) is 18.1. The van der Waals surface area contributed by atoms with Crippen LogP contribution in [-0.2, 0) is 13.1 Å². The molecule has 2 aromatic rings. The summed E-state index contributed by atoms with van der Waals surface area (Å²) in [7, 11) is 0. The highest BCUT2D eigenvalue weighted by molar-refractivity contribution is 5.89. The summed E-state index contributed by atoms with van der Waals surface area (Å²) in [6, 6.07) is 11.8. The van der Waals surface area contributed by atoms with Crippen molar-refractivity contribution in [2.24, 2.45) is 0 Å². The molecule has 0 spiro atoms. The van der Waals surface area contributed by atoms with E-state index in [9.17, 15) is 10.2 Å². The molecule has 0 aliphatic rings. The average Bonchev–Trinajstić information content (AvgIpc) is 2.77. The summed E-state index contributed by atoms with van der Waals surface area (Å²) < 4.78 is 0. The van der Waals surface area contributed by atoms with Crippen molar-refractivity contribution >= 4 is 11.1 Å². The Morgan fingerprint density at radius 2 is 0.967 bits per heavy atom. The Labute approximate surface area is 182 Å². The van der Waals surface area contributed by atoms with E-state index >= 15 is 0 Å². The molecule has 0 fully saturated rings. The molecule has 2 rings (SSSR count). The Balaban J connectivity index is 2.39. The molecule has 2 N–H and O–H groups in total. The van der Waals surface area contributed by atoms with Crippen LogP contribution in [0.5, 0.6) is 11.5 Å². The quantitative estimate of drug-likeness (QED) is 0.491. The molecule has 0 aliphatic heterocycles. The Hall–Kier alpha value is -2.30. The minimum Gasteiger partial charge on any atom is -0.508 e. The SMILES string of the molecule is CCN(CC)Cc1cc(/C(C)=C(\C)c2ccc(O)c(CN(CC)CC)c2)ccc1O. The molecule has 4 heteroatoms. The van der Waals surface area contributed by atoms with Gasteiger partial charge in [-0.3, -0.25) is 9.80 Å². The van der Waals surface area contributed by atoms with E-state index in [2.05, 4.69) is 63.5 Å². The minimum atomic E-state index is 0.349. The van der Waals surface area contributed by atoms with Gasteiger partial charge in [0.05, 0.1) is 0 Å². The third kappa shape index (κ3) is 5.87. The van der Waals surface area contributed by atoms with Crippen molar-refractivity contribution < 1.29 is 10.2 Å². The number of allylic oxidation sites excluding steroid dienone is 2. The van der Waals surface area contributed by atoms with Gasteiger partial charge in [0.1, 0.15) is 11.5 Å². The molecule has 0 bridgehead atoms. The van der Waals surface area contributed by atoms with Crippen molar-refractivity contribution in [1.29, 1.82) is 0 Å². The summed E-state index contributed by atoms with van der Waals surface area (Å²) in [5, 5.41) is 20.7. The summed E-state index contributed by atoms with van der Waals surface area (Å²) in [6.07, 6.45) is 0. The van der Waals surface area contributed by atoms with Gasteiger partial charge in [0.25, 0.3) is 0 Å². The molecular formula is C26H38N2O2. The molecule has 0 radical (unpaired) electrons. The van der Waals surface area contributed by atoms with Gasteiger partial charge in [-0.2, -0.15) is 0 Å². The van der Waals surface area contributed by atoms with Gasteiger partial charge >= 0.3 is 0 Å². The number of benzene rings is 2. The number of hydrogen-bond donors (Lipinski definition) is 2. The summed E-state index contributed by atoms with van der Waals surface area (Å²) in [5.41, 5.74) is 6.50. The molecule has 0 saturated heterocycles. The highest BCUT2D eigenvalue weighted by Crippen LogP contribution is 2.31. The summed E-state index contributed by atoms with van der Waals surface area (Å²) in [5.74, 6) is 0.699. The third-order valence-electron chi connectivity index (χ3n) is 6.16. The normalized spacial score (nSPS) is 12.5. The van der Waals surface area contributed by atoms with Crippen LogP contribution in [0.25, 0.3) is 11.1 Å². The predicted octanol–water partition coefficient (Wildman–Crippen LogP) is 5.73. The molecule has 164 valence electrons. The highest BCUT2D eigenvalue weighted by atomic mass is 16.3. The van der Waals surface area contributed by atoms with Crippen LogP contribution in [0.3, 0.4) is 0 Å². The maximum atomic E-state index is 10.3. The fraction of sp³-hybridized carbons (Fsp3) is 0.462. The molecular weight excluding hydrogens is 372 g/mol. The van der Waals surface area contributed by atoms with E-state index in [1.54, 1.807) is 12.1 Å². The standard InChI is InChI=1S/C26H38N2O2/c1-7-27(8-2)17-23-15-21(11-13-25(23)29)19(5)20(6)22-12-14-26(30)24(16-22)18-28(9-3)10-4/h11-16,29-30H,7-10,17-18H2,1-6H3/b20-19+. The van der Waals surface area contributed by atoms with Crippen LogP contribution in [0.4, 0.5) is 0 Å². The second-order valence-corrected chi connectivity index (χ2v) is 7.86. The highest BCUT2D eigenvalue weighted by Gasteiger charge is 2.12. The maximum absolute atomic E-state index is 10.3. The third-order valence-corrected chi connectivity index (χ3v) is 6.16. The molecule has 0 heterocycles. The lowest BCUT2D eigenvalue weighted by atomic mass is 9.94. The van der Waals surface area contributed by atoms with Crippen molar-refractivity contribution in [1.82, 2.24) is 9.80 Å². The average molecular weight is 411 g/mol. The first-order valence-corrected chi connectivity index (χ1v) is 11.1. The molecule has 2 aromatic carbocycles. The Morgan fingerprint density at radius 1 is 0.633 bits per heavy atom. The zero-order chi connectivity index (χ0) is 22.3. The van der Waals surface area contributed by atoms with Gasteiger partial charge in [-0.15, -0.1) is 0 Å². The molecule has 4 nitrogen and oxygen atoms in total. The van der Waals surface area contributed by atoms with Crippen LogP contribution < -0.4 is 0 Å². The van der Waals surface area contributed by atoms with Crippen LogP contribution in [0.2, 0.25) is 0 Å². The molecule has 0 aliphatic carbocycles. The first-order valence-electron chi connectivity index (χ1n) is 11.1. The summed E-state index contributed by atoms with van der Waals surface area (Å²) >= 11 is 0. The topological polar surface area (TPSA) is 46.9 Å². The number of aromatic hydroxyl groups is 2. The van der Waals surface area contributed by atoms with Gasteiger partial charge in [-0.05, 0) is 86.6 Å². The summed E-state index contributed by atoms with van der Waals surface area (Å²) in [4.78, 5) is 4.59. The molecule has 0 atom stereocenters. The van der Waals surface area contributed by atoms with E-state index in [0.717, 1.165) is 61.5 Å². The fourth-order valence-corrected chi connectivity index (χ4v) is 3.70. The number of rotatable bonds is 10. The van der Waals surface area contributed by atoms with Crippen molar-refractivity contribution in [3.8, 4) is 11.5 Å². The van der Waals surface area contributed by atoms with Crippen molar-refractivity contribution in [3.63, 3.8) is 0 Å². The zero-order valence-electron chi connectivity index (χ0n) is 19.5. The van der Waals surface area contributed by atoms with E-state index in [-0.39, 0.29) is 0 Å². The smallest absolute Gasteiger partial charge is 0.120 e. The number of phenols is 2. The number of hydrogen-bond acceptors (Lipinski definition) is 4. The lowest BCUT2D eigenvalue weighted by molar-refractivity contribution is 0.291. The lowest BCUT2D eigenvalue weighted by Crippen LogP contribution is -2.22. The van der Waals surface area contributed by atoms with E-state index < -0.39 is 0 Å². The number of nitrogens with zero attached hydrogens (tertiary/aromatic N) is 2. The molecule has 0 amide bonds. The molecule has 0 unspecified atom stereocenters. The van der Waals surface area contributed by atoms with Crippen molar-refractivity contribution in [3.05, 3.63) is 58.7 Å². The second kappa shape index (κ2) is 11.2. The zero-order valence-corrected chi connectivity index (χ0v) is 19.5. The van der Waals surface area contributed by atoms with Crippen molar-refractivity contribution in [2.45, 2.75) is 54.6 Å². The van der Waals surface area contributed by atoms with E-state index in [0.29, 0.717) is 11.5 Å². The van der Waals surface area contributed by atoms with Crippen LogP contribution in [-0.4, -0.2) is 46.2 Å². The van der Waals surface area contributed by atoms with Crippen LogP contribution >= 0.6 is 0 Å². The molecule has 0 saturated carbocycles. The molecule has 0 aromatic heterocycles. The van der Waals surface area contributed by atoms with Gasteiger partial charge in [0.15, 0.2) is 0 Å². The second-order valence-electron chi connectivity index (χ2n) is 7.86. The van der Waals surface area contributed by atoms with Gasteiger partial charge in [-0.25, -0.2) is 0 Å². The van der Waals surface area contributed by atoms with Gasteiger partial charge in [0.2, 0.25) is 0 Å². The first-order chi connectivity index (χ1) is 14.3. The van der Waals surface area contributed by atoms with Gasteiger partial charge < -0.3 is 10.2 Å². The van der Waals surface area contributed by atoms with Gasteiger partial charge in [0, 0.05) is 24.2 Å². The predicted molar refractivity (Wildman–Crippen MR) is 128 cm³/mol. The largest absolute Gasteiger partial charge is 0.508 e. The van der Waals surface area contributed by atoms with Crippen LogP contribution in [0.1, 0.15) is 63.8 Å². The van der Waals surface area contributed by atoms with Crippen LogP contribution in [0, 0.1) is 0 Å². The number of phenolic OH excluding ortho intramolecular Hbond substituents is 2. The van der Waals surface area contributed by atoms with Gasteiger partial charge in [-0.1, -0.05) is 39.8 Å². The maximum Gasteiger partial charge on any atom is 0.120 e. The van der Waals surface area contributed by atoms with Crippen molar-refractivity contribution in [2.75, 3.05) is 26.2 Å². The monoisotopic (exact) mass is 410 g/mol. The Kier molecular flexibility index (Phi) is 8.94. The molecule has 30 heavy (non-hydrogen) atoms. The first kappa shape index (κ1) is 24.0. The van der Waals surface area contributed by atoms with E-state index in [4.69, 9.17) is 0 Å². The van der Waals surface area contributed by atoms with Crippen LogP contribution in [0.15, 0.2) is 36.4 Å². The fourth-order valence-electron chi connectivity index (χ4n) is 3.70.